The average molecular weight is 175 g/mol. The molecule has 0 spiro atoms. The van der Waals surface area contributed by atoms with Crippen LogP contribution in [-0.2, 0) is 5.41 Å². The van der Waals surface area contributed by atoms with Gasteiger partial charge in [0.05, 0.1) is 0 Å². The van der Waals surface area contributed by atoms with E-state index >= 15 is 0 Å². The predicted octanol–water partition coefficient (Wildman–Crippen LogP) is 3.03. The van der Waals surface area contributed by atoms with Crippen LogP contribution < -0.4 is 0 Å². The quantitative estimate of drug-likeness (QED) is 0.582. The van der Waals surface area contributed by atoms with E-state index in [4.69, 9.17) is 0 Å². The molecule has 70 valence electrons. The summed E-state index contributed by atoms with van der Waals surface area (Å²) in [6.07, 6.45) is 1.87. The molecule has 1 rings (SSSR count). The molecule has 13 heavy (non-hydrogen) atoms. The Kier molecular flexibility index (Phi) is 2.86. The summed E-state index contributed by atoms with van der Waals surface area (Å²) in [7, 11) is 1.79. The van der Waals surface area contributed by atoms with E-state index in [0.717, 1.165) is 5.56 Å². The molecule has 0 fully saturated rings. The maximum Gasteiger partial charge on any atom is 0.0281 e. The van der Waals surface area contributed by atoms with E-state index in [1.807, 2.05) is 6.21 Å². The third-order valence-electron chi connectivity index (χ3n) is 2.05. The van der Waals surface area contributed by atoms with Crippen molar-refractivity contribution in [2.24, 2.45) is 4.99 Å². The molecule has 0 saturated carbocycles. The van der Waals surface area contributed by atoms with Crippen LogP contribution in [0.4, 0.5) is 0 Å². The van der Waals surface area contributed by atoms with Crippen molar-refractivity contribution in [2.75, 3.05) is 7.05 Å². The molecule has 0 aliphatic rings. The largest absolute Gasteiger partial charge is 0.296 e. The van der Waals surface area contributed by atoms with Gasteiger partial charge in [0.15, 0.2) is 0 Å². The maximum absolute atomic E-state index is 3.97. The minimum atomic E-state index is 0.238. The number of nitrogens with zero attached hydrogens (tertiary/aromatic N) is 1. The van der Waals surface area contributed by atoms with Gasteiger partial charge in [0, 0.05) is 13.3 Å². The van der Waals surface area contributed by atoms with Crippen molar-refractivity contribution in [3.63, 3.8) is 0 Å². The third-order valence-corrected chi connectivity index (χ3v) is 2.05. The van der Waals surface area contributed by atoms with Crippen molar-refractivity contribution in [1.29, 1.82) is 0 Å². The first-order valence-corrected chi connectivity index (χ1v) is 4.57. The number of hydrogen-bond donors (Lipinski definition) is 0. The highest BCUT2D eigenvalue weighted by atomic mass is 14.6. The van der Waals surface area contributed by atoms with Crippen LogP contribution in [0, 0.1) is 0 Å². The molecule has 0 aliphatic heterocycles. The van der Waals surface area contributed by atoms with Crippen LogP contribution in [0.5, 0.6) is 0 Å². The molecule has 0 bridgehead atoms. The van der Waals surface area contributed by atoms with Crippen LogP contribution in [0.15, 0.2) is 29.3 Å². The van der Waals surface area contributed by atoms with Gasteiger partial charge in [0.2, 0.25) is 0 Å². The van der Waals surface area contributed by atoms with Gasteiger partial charge in [-0.15, -0.1) is 0 Å². The molecular weight excluding hydrogens is 158 g/mol. The molecule has 0 radical (unpaired) electrons. The van der Waals surface area contributed by atoms with Crippen molar-refractivity contribution in [1.82, 2.24) is 0 Å². The molecule has 1 aromatic carbocycles. The van der Waals surface area contributed by atoms with Gasteiger partial charge in [0.1, 0.15) is 0 Å². The van der Waals surface area contributed by atoms with Crippen molar-refractivity contribution in [3.05, 3.63) is 35.4 Å². The standard InChI is InChI=1S/C12H17N/c1-12(2,3)11-7-5-10(6-8-11)9-13-4/h5-9H,1-4H3/b13-9-. The zero-order valence-corrected chi connectivity index (χ0v) is 8.83. The Morgan fingerprint density at radius 2 is 1.62 bits per heavy atom. The van der Waals surface area contributed by atoms with E-state index in [1.165, 1.54) is 5.56 Å². The van der Waals surface area contributed by atoms with E-state index in [-0.39, 0.29) is 5.41 Å². The summed E-state index contributed by atoms with van der Waals surface area (Å²) in [6.45, 7) is 6.65. The predicted molar refractivity (Wildman–Crippen MR) is 58.7 cm³/mol. The van der Waals surface area contributed by atoms with Gasteiger partial charge in [-0.2, -0.15) is 0 Å². The molecule has 1 heteroatoms. The Morgan fingerprint density at radius 1 is 1.08 bits per heavy atom. The van der Waals surface area contributed by atoms with Gasteiger partial charge in [-0.25, -0.2) is 0 Å². The minimum absolute atomic E-state index is 0.238. The first-order chi connectivity index (χ1) is 6.04. The van der Waals surface area contributed by atoms with Gasteiger partial charge in [-0.05, 0) is 16.5 Å². The van der Waals surface area contributed by atoms with Gasteiger partial charge in [-0.3, -0.25) is 4.99 Å². The Balaban J connectivity index is 2.94. The van der Waals surface area contributed by atoms with E-state index in [1.54, 1.807) is 7.05 Å². The minimum Gasteiger partial charge on any atom is -0.296 e. The number of aliphatic imine (C=N–C) groups is 1. The highest BCUT2D eigenvalue weighted by molar-refractivity contribution is 5.79. The zero-order valence-electron chi connectivity index (χ0n) is 8.83. The Hall–Kier alpha value is -1.11. The molecule has 0 saturated heterocycles. The summed E-state index contributed by atoms with van der Waals surface area (Å²) in [5.41, 5.74) is 2.76. The second-order valence-electron chi connectivity index (χ2n) is 4.26. The van der Waals surface area contributed by atoms with E-state index in [2.05, 4.69) is 50.0 Å². The van der Waals surface area contributed by atoms with Crippen molar-refractivity contribution in [3.8, 4) is 0 Å². The van der Waals surface area contributed by atoms with Gasteiger partial charge < -0.3 is 0 Å². The maximum atomic E-state index is 3.97. The SMILES string of the molecule is C/N=C\c1ccc(C(C)(C)C)cc1. The Morgan fingerprint density at radius 3 is 2.00 bits per heavy atom. The van der Waals surface area contributed by atoms with Crippen LogP contribution in [0.3, 0.4) is 0 Å². The molecule has 0 amide bonds. The van der Waals surface area contributed by atoms with Crippen LogP contribution in [0.1, 0.15) is 31.9 Å². The fourth-order valence-corrected chi connectivity index (χ4v) is 1.22. The van der Waals surface area contributed by atoms with Crippen LogP contribution in [0.2, 0.25) is 0 Å². The fraction of sp³-hybridized carbons (Fsp3) is 0.417. The van der Waals surface area contributed by atoms with E-state index in [0.29, 0.717) is 0 Å². The molecule has 0 atom stereocenters. The lowest BCUT2D eigenvalue weighted by molar-refractivity contribution is 0.590. The molecule has 0 aliphatic carbocycles. The van der Waals surface area contributed by atoms with Crippen LogP contribution in [0.25, 0.3) is 0 Å². The van der Waals surface area contributed by atoms with Crippen molar-refractivity contribution >= 4 is 6.21 Å². The summed E-state index contributed by atoms with van der Waals surface area (Å²) in [5, 5.41) is 0. The summed E-state index contributed by atoms with van der Waals surface area (Å²) in [4.78, 5) is 3.97. The fourth-order valence-electron chi connectivity index (χ4n) is 1.22. The Bertz CT molecular complexity index is 288. The lowest BCUT2D eigenvalue weighted by atomic mass is 9.87. The Labute approximate surface area is 80.5 Å². The third kappa shape index (κ3) is 2.69. The number of benzene rings is 1. The zero-order chi connectivity index (χ0) is 9.90. The summed E-state index contributed by atoms with van der Waals surface area (Å²) < 4.78 is 0. The lowest BCUT2D eigenvalue weighted by Gasteiger charge is -2.18. The summed E-state index contributed by atoms with van der Waals surface area (Å²) >= 11 is 0. The van der Waals surface area contributed by atoms with Gasteiger partial charge >= 0.3 is 0 Å². The van der Waals surface area contributed by atoms with Crippen molar-refractivity contribution < 1.29 is 0 Å². The number of rotatable bonds is 1. The average Bonchev–Trinajstić information content (AvgIpc) is 2.04. The molecule has 1 aromatic rings. The molecular formula is C12H17N. The summed E-state index contributed by atoms with van der Waals surface area (Å²) in [5.74, 6) is 0. The van der Waals surface area contributed by atoms with Gasteiger partial charge in [-0.1, -0.05) is 45.0 Å². The summed E-state index contributed by atoms with van der Waals surface area (Å²) in [6, 6.07) is 8.54. The second kappa shape index (κ2) is 3.73. The van der Waals surface area contributed by atoms with Crippen LogP contribution >= 0.6 is 0 Å². The van der Waals surface area contributed by atoms with E-state index < -0.39 is 0 Å². The molecule has 0 N–H and O–H groups in total. The van der Waals surface area contributed by atoms with Gasteiger partial charge in [0.25, 0.3) is 0 Å². The highest BCUT2D eigenvalue weighted by Crippen LogP contribution is 2.21. The molecule has 0 aromatic heterocycles. The number of hydrogen-bond acceptors (Lipinski definition) is 1. The highest BCUT2D eigenvalue weighted by Gasteiger charge is 2.12. The first kappa shape index (κ1) is 9.97. The second-order valence-corrected chi connectivity index (χ2v) is 4.26. The normalized spacial score (nSPS) is 12.3. The first-order valence-electron chi connectivity index (χ1n) is 4.57. The molecule has 0 heterocycles. The monoisotopic (exact) mass is 175 g/mol. The lowest BCUT2D eigenvalue weighted by Crippen LogP contribution is -2.10. The molecule has 0 unspecified atom stereocenters. The van der Waals surface area contributed by atoms with E-state index in [9.17, 15) is 0 Å². The topological polar surface area (TPSA) is 12.4 Å². The molecule has 1 nitrogen and oxygen atoms in total. The van der Waals surface area contributed by atoms with Crippen LogP contribution in [-0.4, -0.2) is 13.3 Å². The smallest absolute Gasteiger partial charge is 0.0281 e. The van der Waals surface area contributed by atoms with Crippen molar-refractivity contribution in [2.45, 2.75) is 26.2 Å².